The van der Waals surface area contributed by atoms with Crippen molar-refractivity contribution in [3.63, 3.8) is 0 Å². The molecule has 148 valence electrons. The summed E-state index contributed by atoms with van der Waals surface area (Å²) in [5.41, 5.74) is 0.159. The number of aryl methyl sites for hydroxylation is 1. The molecule has 0 bridgehead atoms. The summed E-state index contributed by atoms with van der Waals surface area (Å²) in [4.78, 5) is 26.3. The second-order valence-corrected chi connectivity index (χ2v) is 6.79. The number of hydrogen-bond donors (Lipinski definition) is 1. The van der Waals surface area contributed by atoms with E-state index in [4.69, 9.17) is 16.3 Å². The van der Waals surface area contributed by atoms with E-state index in [1.54, 1.807) is 18.2 Å². The second-order valence-electron chi connectivity index (χ2n) is 6.38. The zero-order chi connectivity index (χ0) is 20.6. The van der Waals surface area contributed by atoms with Gasteiger partial charge in [0, 0.05) is 0 Å². The number of anilines is 2. The van der Waals surface area contributed by atoms with Crippen LogP contribution in [0.15, 0.2) is 36.4 Å². The Balaban J connectivity index is 1.88. The molecular formula is C19H16ClF3N2O3. The molecule has 1 atom stereocenters. The molecule has 0 spiro atoms. The quantitative estimate of drug-likeness (QED) is 0.811. The van der Waals surface area contributed by atoms with Crippen LogP contribution in [0.4, 0.5) is 24.5 Å². The SMILES string of the molecule is Cc1ccc2c(c1)N(C(C)C(=O)Nc1cc(C(F)(F)F)ccc1Cl)C(=O)CO2. The van der Waals surface area contributed by atoms with Crippen LogP contribution in [0.3, 0.4) is 0 Å². The van der Waals surface area contributed by atoms with E-state index in [9.17, 15) is 22.8 Å². The summed E-state index contributed by atoms with van der Waals surface area (Å²) in [6, 6.07) is 6.84. The first-order chi connectivity index (χ1) is 13.1. The molecule has 0 saturated carbocycles. The van der Waals surface area contributed by atoms with Crippen molar-refractivity contribution in [3.8, 4) is 5.75 Å². The summed E-state index contributed by atoms with van der Waals surface area (Å²) in [5.74, 6) is -0.665. The van der Waals surface area contributed by atoms with Crippen LogP contribution in [0.5, 0.6) is 5.75 Å². The fraction of sp³-hybridized carbons (Fsp3) is 0.263. The van der Waals surface area contributed by atoms with Gasteiger partial charge in [-0.2, -0.15) is 13.2 Å². The third-order valence-electron chi connectivity index (χ3n) is 4.31. The lowest BCUT2D eigenvalue weighted by Gasteiger charge is -2.33. The van der Waals surface area contributed by atoms with E-state index in [1.165, 1.54) is 11.8 Å². The summed E-state index contributed by atoms with van der Waals surface area (Å²) in [7, 11) is 0. The molecule has 0 saturated heterocycles. The molecule has 1 heterocycles. The number of alkyl halides is 3. The number of halogens is 4. The van der Waals surface area contributed by atoms with Crippen molar-refractivity contribution < 1.29 is 27.5 Å². The third-order valence-corrected chi connectivity index (χ3v) is 4.64. The molecule has 1 aliphatic heterocycles. The van der Waals surface area contributed by atoms with E-state index in [0.717, 1.165) is 23.8 Å². The van der Waals surface area contributed by atoms with Crippen LogP contribution in [0.25, 0.3) is 0 Å². The van der Waals surface area contributed by atoms with Crippen molar-refractivity contribution in [2.24, 2.45) is 0 Å². The number of hydrogen-bond acceptors (Lipinski definition) is 3. The van der Waals surface area contributed by atoms with Gasteiger partial charge in [0.25, 0.3) is 5.91 Å². The van der Waals surface area contributed by atoms with Gasteiger partial charge < -0.3 is 10.1 Å². The van der Waals surface area contributed by atoms with Crippen LogP contribution >= 0.6 is 11.6 Å². The average molecular weight is 413 g/mol. The first-order valence-corrected chi connectivity index (χ1v) is 8.69. The Morgan fingerprint density at radius 1 is 1.25 bits per heavy atom. The second kappa shape index (κ2) is 7.35. The molecule has 1 aliphatic rings. The summed E-state index contributed by atoms with van der Waals surface area (Å²) in [6.45, 7) is 3.06. The molecule has 9 heteroatoms. The Morgan fingerprint density at radius 3 is 2.64 bits per heavy atom. The zero-order valence-corrected chi connectivity index (χ0v) is 15.7. The minimum Gasteiger partial charge on any atom is -0.482 e. The van der Waals surface area contributed by atoms with Crippen LogP contribution in [-0.4, -0.2) is 24.5 Å². The standard InChI is InChI=1S/C19H16ClF3N2O3/c1-10-3-6-16-15(7-10)25(17(26)9-28-16)11(2)18(27)24-14-8-12(19(21,22)23)4-5-13(14)20/h3-8,11H,9H2,1-2H3,(H,24,27). The number of carbonyl (C=O) groups excluding carboxylic acids is 2. The van der Waals surface area contributed by atoms with Crippen molar-refractivity contribution in [1.29, 1.82) is 0 Å². The third kappa shape index (κ3) is 3.91. The summed E-state index contributed by atoms with van der Waals surface area (Å²) in [6.07, 6.45) is -4.58. The molecule has 5 nitrogen and oxygen atoms in total. The fourth-order valence-electron chi connectivity index (χ4n) is 2.86. The van der Waals surface area contributed by atoms with E-state index in [1.807, 2.05) is 6.92 Å². The van der Waals surface area contributed by atoms with Crippen LogP contribution in [-0.2, 0) is 15.8 Å². The summed E-state index contributed by atoms with van der Waals surface area (Å²) in [5, 5.41) is 2.34. The first kappa shape index (κ1) is 20.0. The van der Waals surface area contributed by atoms with Gasteiger partial charge in [0.2, 0.25) is 5.91 Å². The van der Waals surface area contributed by atoms with Crippen LogP contribution < -0.4 is 15.0 Å². The van der Waals surface area contributed by atoms with Crippen molar-refractivity contribution in [2.75, 3.05) is 16.8 Å². The molecule has 2 aromatic carbocycles. The highest BCUT2D eigenvalue weighted by Crippen LogP contribution is 2.36. The van der Waals surface area contributed by atoms with Gasteiger partial charge in [0.1, 0.15) is 11.8 Å². The van der Waals surface area contributed by atoms with Gasteiger partial charge in [0.15, 0.2) is 6.61 Å². The Kier molecular flexibility index (Phi) is 5.25. The highest BCUT2D eigenvalue weighted by molar-refractivity contribution is 6.33. The molecular weight excluding hydrogens is 397 g/mol. The molecule has 28 heavy (non-hydrogen) atoms. The topological polar surface area (TPSA) is 58.6 Å². The fourth-order valence-corrected chi connectivity index (χ4v) is 3.02. The number of ether oxygens (including phenoxy) is 1. The average Bonchev–Trinajstić information content (AvgIpc) is 2.61. The van der Waals surface area contributed by atoms with Crippen molar-refractivity contribution in [1.82, 2.24) is 0 Å². The molecule has 2 aromatic rings. The Hall–Kier alpha value is -2.74. The Labute approximate surface area is 164 Å². The number of carbonyl (C=O) groups is 2. The van der Waals surface area contributed by atoms with E-state index in [2.05, 4.69) is 5.32 Å². The maximum atomic E-state index is 12.9. The number of fused-ring (bicyclic) bond motifs is 1. The first-order valence-electron chi connectivity index (χ1n) is 8.31. The molecule has 1 N–H and O–H groups in total. The van der Waals surface area contributed by atoms with Gasteiger partial charge in [-0.15, -0.1) is 0 Å². The molecule has 0 aliphatic carbocycles. The largest absolute Gasteiger partial charge is 0.482 e. The number of rotatable bonds is 3. The smallest absolute Gasteiger partial charge is 0.416 e. The minimum absolute atomic E-state index is 0.0434. The predicted octanol–water partition coefficient (Wildman–Crippen LogP) is 4.42. The van der Waals surface area contributed by atoms with Gasteiger partial charge >= 0.3 is 6.18 Å². The lowest BCUT2D eigenvalue weighted by atomic mass is 10.1. The van der Waals surface area contributed by atoms with Crippen molar-refractivity contribution >= 4 is 34.8 Å². The lowest BCUT2D eigenvalue weighted by molar-refractivity contribution is -0.137. The molecule has 0 aromatic heterocycles. The van der Waals surface area contributed by atoms with Gasteiger partial charge in [-0.05, 0) is 49.7 Å². The highest BCUT2D eigenvalue weighted by Gasteiger charge is 2.34. The van der Waals surface area contributed by atoms with Gasteiger partial charge in [0.05, 0.1) is 22.0 Å². The Bertz CT molecular complexity index is 947. The lowest BCUT2D eigenvalue weighted by Crippen LogP contribution is -2.49. The maximum Gasteiger partial charge on any atom is 0.416 e. The monoisotopic (exact) mass is 412 g/mol. The van der Waals surface area contributed by atoms with E-state index >= 15 is 0 Å². The van der Waals surface area contributed by atoms with E-state index in [0.29, 0.717) is 11.4 Å². The van der Waals surface area contributed by atoms with Crippen LogP contribution in [0, 0.1) is 6.92 Å². The van der Waals surface area contributed by atoms with Crippen molar-refractivity contribution in [2.45, 2.75) is 26.1 Å². The number of amides is 2. The molecule has 3 rings (SSSR count). The Morgan fingerprint density at radius 2 is 1.96 bits per heavy atom. The molecule has 0 radical (unpaired) electrons. The molecule has 0 fully saturated rings. The highest BCUT2D eigenvalue weighted by atomic mass is 35.5. The van der Waals surface area contributed by atoms with Gasteiger partial charge in [-0.25, -0.2) is 0 Å². The van der Waals surface area contributed by atoms with Crippen molar-refractivity contribution in [3.05, 3.63) is 52.5 Å². The summed E-state index contributed by atoms with van der Waals surface area (Å²) < 4.78 is 44.1. The number of nitrogens with zero attached hydrogens (tertiary/aromatic N) is 1. The van der Waals surface area contributed by atoms with Gasteiger partial charge in [-0.3, -0.25) is 14.5 Å². The molecule has 1 unspecified atom stereocenters. The predicted molar refractivity (Wildman–Crippen MR) is 98.7 cm³/mol. The van der Waals surface area contributed by atoms with E-state index < -0.39 is 29.6 Å². The summed E-state index contributed by atoms with van der Waals surface area (Å²) >= 11 is 5.93. The van der Waals surface area contributed by atoms with Gasteiger partial charge in [-0.1, -0.05) is 17.7 Å². The maximum absolute atomic E-state index is 12.9. The molecule has 2 amide bonds. The normalized spacial score (nSPS) is 14.9. The van der Waals surface area contributed by atoms with Crippen LogP contribution in [0.1, 0.15) is 18.1 Å². The number of nitrogens with one attached hydrogen (secondary N) is 1. The minimum atomic E-state index is -4.58. The zero-order valence-electron chi connectivity index (χ0n) is 14.9. The van der Waals surface area contributed by atoms with E-state index in [-0.39, 0.29) is 17.3 Å². The van der Waals surface area contributed by atoms with Crippen LogP contribution in [0.2, 0.25) is 5.02 Å². The number of benzene rings is 2.